The van der Waals surface area contributed by atoms with Crippen LogP contribution in [0.1, 0.15) is 13.8 Å². The molecule has 0 N–H and O–H groups in total. The predicted molar refractivity (Wildman–Crippen MR) is 93.4 cm³/mol. The van der Waals surface area contributed by atoms with Gasteiger partial charge in [0.2, 0.25) is 10.0 Å². The fourth-order valence-corrected chi connectivity index (χ4v) is 4.52. The highest BCUT2D eigenvalue weighted by Crippen LogP contribution is 2.20. The van der Waals surface area contributed by atoms with Crippen LogP contribution in [0.4, 0.5) is 0 Å². The van der Waals surface area contributed by atoms with Crippen molar-refractivity contribution in [2.45, 2.75) is 31.8 Å². The predicted octanol–water partition coefficient (Wildman–Crippen LogP) is 0.224. The number of ether oxygens (including phenoxy) is 1. The zero-order valence-electron chi connectivity index (χ0n) is 14.3. The Bertz CT molecular complexity index is 1020. The molecular formula is C16H21N3O5S. The number of hydrogen-bond donors (Lipinski definition) is 0. The smallest absolute Gasteiger partial charge is 0.331 e. The van der Waals surface area contributed by atoms with E-state index in [2.05, 4.69) is 0 Å². The van der Waals surface area contributed by atoms with E-state index in [1.54, 1.807) is 6.92 Å². The second-order valence-corrected chi connectivity index (χ2v) is 7.71. The van der Waals surface area contributed by atoms with E-state index in [0.29, 0.717) is 25.3 Å². The lowest BCUT2D eigenvalue weighted by Crippen LogP contribution is -2.41. The molecule has 2 aromatic rings. The zero-order chi connectivity index (χ0) is 18.2. The van der Waals surface area contributed by atoms with Gasteiger partial charge in [0.05, 0.1) is 29.0 Å². The van der Waals surface area contributed by atoms with Crippen LogP contribution in [0.15, 0.2) is 32.7 Å². The van der Waals surface area contributed by atoms with Crippen molar-refractivity contribution < 1.29 is 13.2 Å². The molecule has 1 aromatic carbocycles. The standard InChI is InChI=1S/C16H21N3O5S/c1-3-18-14-6-5-12(25(22,23)17-7-9-24-10-8-17)11-13(14)15(20)19(4-2)16(18)21/h5-6,11H,3-4,7-10H2,1-2H3. The Morgan fingerprint density at radius 3 is 2.28 bits per heavy atom. The Balaban J connectivity index is 2.24. The van der Waals surface area contributed by atoms with E-state index < -0.39 is 15.6 Å². The minimum atomic E-state index is -3.70. The largest absolute Gasteiger partial charge is 0.379 e. The first-order valence-corrected chi connectivity index (χ1v) is 9.71. The number of benzene rings is 1. The summed E-state index contributed by atoms with van der Waals surface area (Å²) in [6.45, 7) is 5.42. The Labute approximate surface area is 145 Å². The Hall–Kier alpha value is -1.97. The van der Waals surface area contributed by atoms with E-state index in [0.717, 1.165) is 4.57 Å². The first kappa shape index (κ1) is 17.8. The van der Waals surface area contributed by atoms with Gasteiger partial charge in [-0.25, -0.2) is 13.2 Å². The van der Waals surface area contributed by atoms with E-state index in [1.807, 2.05) is 6.92 Å². The molecule has 1 fully saturated rings. The number of nitrogens with zero attached hydrogens (tertiary/aromatic N) is 3. The first-order valence-electron chi connectivity index (χ1n) is 8.27. The summed E-state index contributed by atoms with van der Waals surface area (Å²) in [7, 11) is -3.70. The van der Waals surface area contributed by atoms with Crippen LogP contribution in [0.5, 0.6) is 0 Å². The average Bonchev–Trinajstić information content (AvgIpc) is 2.63. The van der Waals surface area contributed by atoms with Crippen LogP contribution in [0.2, 0.25) is 0 Å². The van der Waals surface area contributed by atoms with Crippen molar-refractivity contribution in [2.75, 3.05) is 26.3 Å². The number of morpholine rings is 1. The zero-order valence-corrected chi connectivity index (χ0v) is 15.1. The van der Waals surface area contributed by atoms with Gasteiger partial charge in [0.15, 0.2) is 0 Å². The van der Waals surface area contributed by atoms with Gasteiger partial charge in [-0.2, -0.15) is 4.31 Å². The van der Waals surface area contributed by atoms with E-state index in [9.17, 15) is 18.0 Å². The molecule has 1 aliphatic rings. The van der Waals surface area contributed by atoms with Crippen LogP contribution in [-0.2, 0) is 27.8 Å². The Morgan fingerprint density at radius 1 is 1.04 bits per heavy atom. The van der Waals surface area contributed by atoms with Crippen LogP contribution >= 0.6 is 0 Å². The summed E-state index contributed by atoms with van der Waals surface area (Å²) in [6.07, 6.45) is 0. The lowest BCUT2D eigenvalue weighted by Gasteiger charge is -2.26. The summed E-state index contributed by atoms with van der Waals surface area (Å²) in [4.78, 5) is 25.1. The third-order valence-corrected chi connectivity index (χ3v) is 6.33. The summed E-state index contributed by atoms with van der Waals surface area (Å²) in [5.41, 5.74) is -0.402. The molecule has 1 aromatic heterocycles. The minimum absolute atomic E-state index is 0.0583. The highest BCUT2D eigenvalue weighted by Gasteiger charge is 2.27. The fraction of sp³-hybridized carbons (Fsp3) is 0.500. The van der Waals surface area contributed by atoms with Crippen LogP contribution in [0.3, 0.4) is 0 Å². The summed E-state index contributed by atoms with van der Waals surface area (Å²) >= 11 is 0. The van der Waals surface area contributed by atoms with Gasteiger partial charge >= 0.3 is 5.69 Å². The minimum Gasteiger partial charge on any atom is -0.379 e. The normalized spacial score (nSPS) is 16.4. The summed E-state index contributed by atoms with van der Waals surface area (Å²) in [6, 6.07) is 4.36. The fourth-order valence-electron chi connectivity index (χ4n) is 3.08. The van der Waals surface area contributed by atoms with E-state index in [1.165, 1.54) is 27.1 Å². The van der Waals surface area contributed by atoms with Gasteiger partial charge in [-0.1, -0.05) is 0 Å². The van der Waals surface area contributed by atoms with Crippen LogP contribution in [0.25, 0.3) is 10.9 Å². The lowest BCUT2D eigenvalue weighted by molar-refractivity contribution is 0.0730. The second kappa shape index (κ2) is 6.74. The molecule has 0 radical (unpaired) electrons. The van der Waals surface area contributed by atoms with E-state index in [4.69, 9.17) is 4.74 Å². The molecule has 0 amide bonds. The van der Waals surface area contributed by atoms with Gasteiger partial charge in [0.25, 0.3) is 5.56 Å². The molecule has 8 nitrogen and oxygen atoms in total. The van der Waals surface area contributed by atoms with Gasteiger partial charge < -0.3 is 4.74 Å². The molecule has 0 atom stereocenters. The quantitative estimate of drug-likeness (QED) is 0.771. The number of sulfonamides is 1. The van der Waals surface area contributed by atoms with Crippen molar-refractivity contribution >= 4 is 20.9 Å². The highest BCUT2D eigenvalue weighted by atomic mass is 32.2. The maximum atomic E-state index is 12.8. The maximum absolute atomic E-state index is 12.8. The molecule has 2 heterocycles. The monoisotopic (exact) mass is 367 g/mol. The molecule has 0 unspecified atom stereocenters. The molecule has 9 heteroatoms. The van der Waals surface area contributed by atoms with Gasteiger partial charge in [-0.3, -0.25) is 13.9 Å². The molecule has 0 bridgehead atoms. The SMILES string of the molecule is CCn1c(=O)c2cc(S(=O)(=O)N3CCOCC3)ccc2n(CC)c1=O. The van der Waals surface area contributed by atoms with Gasteiger partial charge in [0, 0.05) is 26.2 Å². The summed E-state index contributed by atoms with van der Waals surface area (Å²) in [5.74, 6) is 0. The molecule has 1 aliphatic heterocycles. The van der Waals surface area contributed by atoms with Crippen molar-refractivity contribution in [2.24, 2.45) is 0 Å². The number of aromatic nitrogens is 2. The van der Waals surface area contributed by atoms with E-state index in [-0.39, 0.29) is 35.6 Å². The molecule has 136 valence electrons. The third-order valence-electron chi connectivity index (χ3n) is 4.44. The van der Waals surface area contributed by atoms with Crippen molar-refractivity contribution in [1.82, 2.24) is 13.4 Å². The highest BCUT2D eigenvalue weighted by molar-refractivity contribution is 7.89. The second-order valence-electron chi connectivity index (χ2n) is 5.77. The van der Waals surface area contributed by atoms with Crippen molar-refractivity contribution in [3.63, 3.8) is 0 Å². The number of hydrogen-bond acceptors (Lipinski definition) is 5. The number of fused-ring (bicyclic) bond motifs is 1. The molecule has 1 saturated heterocycles. The van der Waals surface area contributed by atoms with Gasteiger partial charge in [0.1, 0.15) is 0 Å². The summed E-state index contributed by atoms with van der Waals surface area (Å²) in [5, 5.41) is 0.234. The first-order chi connectivity index (χ1) is 11.9. The molecule has 0 saturated carbocycles. The molecule has 25 heavy (non-hydrogen) atoms. The molecule has 0 spiro atoms. The van der Waals surface area contributed by atoms with Crippen molar-refractivity contribution in [1.29, 1.82) is 0 Å². The lowest BCUT2D eigenvalue weighted by atomic mass is 10.2. The van der Waals surface area contributed by atoms with Gasteiger partial charge in [-0.05, 0) is 32.0 Å². The Morgan fingerprint density at radius 2 is 1.68 bits per heavy atom. The van der Waals surface area contributed by atoms with Crippen molar-refractivity contribution in [3.8, 4) is 0 Å². The topological polar surface area (TPSA) is 90.6 Å². The number of rotatable bonds is 4. The van der Waals surface area contributed by atoms with Crippen molar-refractivity contribution in [3.05, 3.63) is 39.0 Å². The van der Waals surface area contributed by atoms with Crippen LogP contribution in [-0.4, -0.2) is 48.2 Å². The van der Waals surface area contributed by atoms with Crippen LogP contribution < -0.4 is 11.2 Å². The molecular weight excluding hydrogens is 346 g/mol. The van der Waals surface area contributed by atoms with E-state index >= 15 is 0 Å². The van der Waals surface area contributed by atoms with Gasteiger partial charge in [-0.15, -0.1) is 0 Å². The molecule has 3 rings (SSSR count). The Kier molecular flexibility index (Phi) is 4.81. The summed E-state index contributed by atoms with van der Waals surface area (Å²) < 4.78 is 34.8. The average molecular weight is 367 g/mol. The molecule has 0 aliphatic carbocycles. The third kappa shape index (κ3) is 2.92. The maximum Gasteiger partial charge on any atom is 0.331 e. The number of aryl methyl sites for hydroxylation is 1. The van der Waals surface area contributed by atoms with Crippen LogP contribution in [0, 0.1) is 0 Å².